The quantitative estimate of drug-likeness (QED) is 0.527. The third-order valence-electron chi connectivity index (χ3n) is 4.25. The van der Waals surface area contributed by atoms with Crippen LogP contribution in [0.25, 0.3) is 0 Å². The van der Waals surface area contributed by atoms with Crippen LogP contribution in [-0.4, -0.2) is 25.8 Å². The van der Waals surface area contributed by atoms with Gasteiger partial charge in [0.2, 0.25) is 0 Å². The molecule has 134 valence electrons. The summed E-state index contributed by atoms with van der Waals surface area (Å²) < 4.78 is 16.8. The van der Waals surface area contributed by atoms with Crippen LogP contribution in [0.1, 0.15) is 82.1 Å². The van der Waals surface area contributed by atoms with Gasteiger partial charge in [0.15, 0.2) is 0 Å². The molecule has 0 saturated carbocycles. The lowest BCUT2D eigenvalue weighted by atomic mass is 10.3. The van der Waals surface area contributed by atoms with Gasteiger partial charge in [0.05, 0.1) is 0 Å². The minimum absolute atomic E-state index is 0.0121. The molecule has 0 aliphatic heterocycles. The number of hydrogen-bond donors (Lipinski definition) is 1. The van der Waals surface area contributed by atoms with Crippen LogP contribution in [0, 0.1) is 0 Å². The largest absolute Gasteiger partial charge is 0.238 e. The van der Waals surface area contributed by atoms with Gasteiger partial charge < -0.3 is 0 Å². The molecule has 0 aliphatic carbocycles. The maximum atomic E-state index is 13.3. The molecular formula is C16H37NOP2S2. The molecule has 0 aromatic heterocycles. The predicted molar refractivity (Wildman–Crippen MR) is 111 cm³/mol. The van der Waals surface area contributed by atoms with Crippen molar-refractivity contribution in [1.29, 1.82) is 0 Å². The van der Waals surface area contributed by atoms with Gasteiger partial charge in [0.1, 0.15) is 10.6 Å². The highest BCUT2D eigenvalue weighted by molar-refractivity contribution is 8.48. The Morgan fingerprint density at radius 1 is 1.09 bits per heavy atom. The highest BCUT2D eigenvalue weighted by Crippen LogP contribution is 2.64. The predicted octanol–water partition coefficient (Wildman–Crippen LogP) is 6.23. The van der Waals surface area contributed by atoms with Crippen molar-refractivity contribution < 1.29 is 4.21 Å². The second-order valence-corrected chi connectivity index (χ2v) is 19.7. The van der Waals surface area contributed by atoms with E-state index in [1.807, 2.05) is 0 Å². The lowest BCUT2D eigenvalue weighted by molar-refractivity contribution is 0.683. The van der Waals surface area contributed by atoms with E-state index in [0.29, 0.717) is 11.3 Å². The lowest BCUT2D eigenvalue weighted by Crippen LogP contribution is -2.34. The fourth-order valence-corrected chi connectivity index (χ4v) is 16.4. The second-order valence-electron chi connectivity index (χ2n) is 8.18. The number of nitrogens with one attached hydrogen (secondary N) is 1. The first-order valence-corrected chi connectivity index (χ1v) is 14.3. The Morgan fingerprint density at radius 2 is 1.55 bits per heavy atom. The van der Waals surface area contributed by atoms with Crippen LogP contribution in [0.5, 0.6) is 0 Å². The van der Waals surface area contributed by atoms with Crippen molar-refractivity contribution in [2.45, 2.75) is 104 Å². The molecule has 0 radical (unpaired) electrons. The zero-order valence-electron chi connectivity index (χ0n) is 16.2. The van der Waals surface area contributed by atoms with Gasteiger partial charge in [-0.15, -0.1) is 0 Å². The normalized spacial score (nSPS) is 21.7. The molecule has 0 fully saturated rings. The topological polar surface area (TPSA) is 29.1 Å². The maximum Gasteiger partial charge on any atom is 0.118 e. The highest BCUT2D eigenvalue weighted by atomic mass is 32.7. The highest BCUT2D eigenvalue weighted by Gasteiger charge is 2.41. The van der Waals surface area contributed by atoms with Gasteiger partial charge in [-0.05, 0) is 29.3 Å². The molecule has 0 rings (SSSR count). The minimum atomic E-state index is -1.92. The number of hydrogen-bond acceptors (Lipinski definition) is 2. The maximum absolute atomic E-state index is 13.3. The molecule has 22 heavy (non-hydrogen) atoms. The summed E-state index contributed by atoms with van der Waals surface area (Å²) in [6, 6.07) is 0. The van der Waals surface area contributed by atoms with Crippen molar-refractivity contribution in [1.82, 2.24) is 4.49 Å². The van der Waals surface area contributed by atoms with Gasteiger partial charge in [-0.25, -0.2) is 8.70 Å². The molecule has 1 N–H and O–H groups in total. The van der Waals surface area contributed by atoms with Crippen LogP contribution in [0.4, 0.5) is 0 Å². The summed E-state index contributed by atoms with van der Waals surface area (Å²) in [5.41, 5.74) is 0.879. The summed E-state index contributed by atoms with van der Waals surface area (Å²) in [7, 11) is -1.68. The zero-order chi connectivity index (χ0) is 17.9. The van der Waals surface area contributed by atoms with Crippen LogP contribution in [0.3, 0.4) is 0 Å². The van der Waals surface area contributed by atoms with Crippen molar-refractivity contribution in [3.8, 4) is 0 Å². The molecule has 0 heterocycles. The fraction of sp³-hybridized carbons (Fsp3) is 1.00. The van der Waals surface area contributed by atoms with Crippen molar-refractivity contribution in [3.63, 3.8) is 0 Å². The van der Waals surface area contributed by atoms with Crippen molar-refractivity contribution in [3.05, 3.63) is 0 Å². The van der Waals surface area contributed by atoms with Crippen molar-refractivity contribution in [2.75, 3.05) is 0 Å². The Morgan fingerprint density at radius 3 is 1.82 bits per heavy atom. The van der Waals surface area contributed by atoms with Gasteiger partial charge in [-0.2, -0.15) is 0 Å². The molecule has 0 aliphatic rings. The van der Waals surface area contributed by atoms with E-state index in [9.17, 15) is 4.21 Å². The third-order valence-corrected chi connectivity index (χ3v) is 20.3. The van der Waals surface area contributed by atoms with Gasteiger partial charge in [-0.3, -0.25) is 0 Å². The van der Waals surface area contributed by atoms with E-state index in [1.165, 1.54) is 0 Å². The van der Waals surface area contributed by atoms with Crippen LogP contribution in [0.2, 0.25) is 0 Å². The van der Waals surface area contributed by atoms with Crippen molar-refractivity contribution in [2.24, 2.45) is 0 Å². The van der Waals surface area contributed by atoms with Crippen molar-refractivity contribution >= 4 is 35.7 Å². The summed E-state index contributed by atoms with van der Waals surface area (Å²) in [6.45, 7) is 22.1. The lowest BCUT2D eigenvalue weighted by Gasteiger charge is -2.42. The molecule has 0 aromatic rings. The third kappa shape index (κ3) is 5.62. The molecule has 0 spiro atoms. The summed E-state index contributed by atoms with van der Waals surface area (Å²) in [5, 5.41) is 0.0535. The first-order chi connectivity index (χ1) is 9.72. The van der Waals surface area contributed by atoms with Crippen LogP contribution in [-0.2, 0) is 22.4 Å². The standard InChI is InChI=1S/C16H37NOP2S2/c1-11-13(3)19(15(5,6)7)22(18)17-20(21,14(4)12-2)16(8,9)10/h13-14H,11-12H2,1-10H3,(H,17,21). The summed E-state index contributed by atoms with van der Waals surface area (Å²) in [6.07, 6.45) is 0.180. The fourth-order valence-electron chi connectivity index (χ4n) is 2.54. The zero-order valence-corrected chi connectivity index (χ0v) is 19.6. The summed E-state index contributed by atoms with van der Waals surface area (Å²) in [4.78, 5) is 0. The van der Waals surface area contributed by atoms with Gasteiger partial charge in [0, 0.05) is 18.5 Å². The molecule has 0 amide bonds. The van der Waals surface area contributed by atoms with E-state index in [0.717, 1.165) is 12.8 Å². The van der Waals surface area contributed by atoms with E-state index in [2.05, 4.69) is 73.7 Å². The van der Waals surface area contributed by atoms with Gasteiger partial charge in [-0.1, -0.05) is 81.0 Å². The minimum Gasteiger partial charge on any atom is -0.238 e. The van der Waals surface area contributed by atoms with E-state index in [-0.39, 0.29) is 10.3 Å². The summed E-state index contributed by atoms with van der Waals surface area (Å²) in [5.74, 6) is 0. The van der Waals surface area contributed by atoms with E-state index >= 15 is 0 Å². The SMILES string of the molecule is CCC(C)P(S(=O)NP(=S)(C(C)CC)C(C)(C)C)C(C)(C)C. The molecule has 6 heteroatoms. The second kappa shape index (κ2) is 8.52. The molecule has 0 bridgehead atoms. The molecule has 2 nitrogen and oxygen atoms in total. The Bertz CT molecular complexity index is 427. The smallest absolute Gasteiger partial charge is 0.118 e. The first-order valence-electron chi connectivity index (χ1n) is 8.31. The Hall–Kier alpha value is 1.19. The van der Waals surface area contributed by atoms with E-state index in [1.54, 1.807) is 0 Å². The van der Waals surface area contributed by atoms with Crippen LogP contribution >= 0.6 is 13.3 Å². The Balaban J connectivity index is 5.64. The van der Waals surface area contributed by atoms with E-state index in [4.69, 9.17) is 11.8 Å². The summed E-state index contributed by atoms with van der Waals surface area (Å²) >= 11 is 6.12. The van der Waals surface area contributed by atoms with Gasteiger partial charge in [0.25, 0.3) is 0 Å². The molecular weight excluding hydrogens is 348 g/mol. The average Bonchev–Trinajstić information content (AvgIpc) is 2.34. The first kappa shape index (κ1) is 23.2. The molecule has 0 aromatic carbocycles. The molecule has 5 atom stereocenters. The monoisotopic (exact) mass is 385 g/mol. The molecule has 0 saturated heterocycles. The van der Waals surface area contributed by atoms with E-state index < -0.39 is 23.9 Å². The average molecular weight is 386 g/mol. The Labute approximate surface area is 148 Å². The van der Waals surface area contributed by atoms with Gasteiger partial charge >= 0.3 is 0 Å². The number of rotatable bonds is 7. The van der Waals surface area contributed by atoms with Crippen LogP contribution < -0.4 is 4.49 Å². The Kier molecular flexibility index (Phi) is 8.98. The van der Waals surface area contributed by atoms with Crippen LogP contribution in [0.15, 0.2) is 0 Å². The molecule has 5 unspecified atom stereocenters.